The van der Waals surface area contributed by atoms with Crippen LogP contribution in [0.5, 0.6) is 0 Å². The summed E-state index contributed by atoms with van der Waals surface area (Å²) in [5.74, 6) is -0.379. The first-order chi connectivity index (χ1) is 11.1. The Kier molecular flexibility index (Phi) is 6.63. The van der Waals surface area contributed by atoms with E-state index in [-0.39, 0.29) is 30.9 Å². The summed E-state index contributed by atoms with van der Waals surface area (Å²) in [5, 5.41) is 12.4. The molecule has 1 aromatic rings. The Morgan fingerprint density at radius 1 is 1.17 bits per heavy atom. The number of nitrogens with one attached hydrogen (secondary N) is 1. The Bertz CT molecular complexity index is 563. The zero-order chi connectivity index (χ0) is 16.2. The summed E-state index contributed by atoms with van der Waals surface area (Å²) < 4.78 is 0. The van der Waals surface area contributed by atoms with Gasteiger partial charge in [0.15, 0.2) is 0 Å². The molecule has 0 aromatic heterocycles. The largest absolute Gasteiger partial charge is 0.480 e. The highest BCUT2D eigenvalue weighted by Crippen LogP contribution is 2.40. The number of hydrogen-bond donors (Lipinski definition) is 2. The highest BCUT2D eigenvalue weighted by Gasteiger charge is 2.35. The van der Waals surface area contributed by atoms with Gasteiger partial charge >= 0.3 is 5.97 Å². The van der Waals surface area contributed by atoms with E-state index in [0.717, 1.165) is 31.2 Å². The summed E-state index contributed by atoms with van der Waals surface area (Å²) in [7, 11) is 0. The summed E-state index contributed by atoms with van der Waals surface area (Å²) in [6.07, 6.45) is 4.79. The van der Waals surface area contributed by atoms with Gasteiger partial charge in [-0.15, -0.1) is 12.4 Å². The smallest absolute Gasteiger partial charge is 0.320 e. The fourth-order valence-corrected chi connectivity index (χ4v) is 3.43. The predicted octanol–water partition coefficient (Wildman–Crippen LogP) is 2.61. The minimum absolute atomic E-state index is 0. The van der Waals surface area contributed by atoms with E-state index in [1.165, 1.54) is 0 Å². The molecule has 5 nitrogen and oxygen atoms in total. The number of carbonyl (C=O) groups excluding carboxylic acids is 1. The first kappa shape index (κ1) is 18.7. The van der Waals surface area contributed by atoms with Crippen LogP contribution in [-0.2, 0) is 9.59 Å². The second-order valence-corrected chi connectivity index (χ2v) is 6.61. The topological polar surface area (TPSA) is 69.6 Å². The third-order valence-corrected chi connectivity index (χ3v) is 4.81. The van der Waals surface area contributed by atoms with Crippen LogP contribution >= 0.6 is 12.4 Å². The third kappa shape index (κ3) is 4.71. The molecule has 0 spiro atoms. The molecule has 1 heterocycles. The van der Waals surface area contributed by atoms with E-state index in [9.17, 15) is 14.7 Å². The van der Waals surface area contributed by atoms with Crippen LogP contribution in [0.1, 0.15) is 43.7 Å². The van der Waals surface area contributed by atoms with Crippen LogP contribution in [0, 0.1) is 5.92 Å². The molecule has 0 bridgehead atoms. The molecule has 2 unspecified atom stereocenters. The van der Waals surface area contributed by atoms with Gasteiger partial charge in [-0.1, -0.05) is 36.8 Å². The standard InChI is InChI=1S/C18H24N2O3.ClH/c21-16(12-20-11-5-4-8-15(20)18(22)23)19-17(14-9-10-14)13-6-2-1-3-7-13;/h1-3,6-7,14-15,17H,4-5,8-12H2,(H,19,21)(H,22,23);1H. The number of carboxylic acids is 1. The second-order valence-electron chi connectivity index (χ2n) is 6.61. The van der Waals surface area contributed by atoms with Crippen molar-refractivity contribution in [2.24, 2.45) is 5.92 Å². The van der Waals surface area contributed by atoms with Gasteiger partial charge in [-0.05, 0) is 43.7 Å². The van der Waals surface area contributed by atoms with Crippen molar-refractivity contribution in [1.82, 2.24) is 10.2 Å². The van der Waals surface area contributed by atoms with E-state index >= 15 is 0 Å². The SMILES string of the molecule is Cl.O=C(CN1CCCCC1C(=O)O)NC(c1ccccc1)C1CC1. The molecule has 1 aromatic carbocycles. The summed E-state index contributed by atoms with van der Waals surface area (Å²) in [5.41, 5.74) is 1.14. The first-order valence-corrected chi connectivity index (χ1v) is 8.46. The van der Waals surface area contributed by atoms with E-state index in [2.05, 4.69) is 5.32 Å². The van der Waals surface area contributed by atoms with Crippen molar-refractivity contribution in [1.29, 1.82) is 0 Å². The van der Waals surface area contributed by atoms with Crippen LogP contribution in [0.2, 0.25) is 0 Å². The number of nitrogens with zero attached hydrogens (tertiary/aromatic N) is 1. The number of rotatable bonds is 6. The van der Waals surface area contributed by atoms with E-state index in [1.807, 2.05) is 30.3 Å². The lowest BCUT2D eigenvalue weighted by Crippen LogP contribution is -2.49. The molecular weight excluding hydrogens is 328 g/mol. The highest BCUT2D eigenvalue weighted by molar-refractivity contribution is 5.85. The number of piperidine rings is 1. The lowest BCUT2D eigenvalue weighted by atomic mass is 10.0. The molecule has 2 fully saturated rings. The number of benzene rings is 1. The molecule has 2 aliphatic rings. The molecule has 3 rings (SSSR count). The average Bonchev–Trinajstić information content (AvgIpc) is 3.38. The van der Waals surface area contributed by atoms with Crippen LogP contribution in [0.25, 0.3) is 0 Å². The summed E-state index contributed by atoms with van der Waals surface area (Å²) >= 11 is 0. The monoisotopic (exact) mass is 352 g/mol. The van der Waals surface area contributed by atoms with E-state index in [1.54, 1.807) is 4.90 Å². The molecule has 1 amide bonds. The average molecular weight is 353 g/mol. The van der Waals surface area contributed by atoms with Crippen molar-refractivity contribution in [3.8, 4) is 0 Å². The van der Waals surface area contributed by atoms with Crippen molar-refractivity contribution < 1.29 is 14.7 Å². The fraction of sp³-hybridized carbons (Fsp3) is 0.556. The molecule has 132 valence electrons. The van der Waals surface area contributed by atoms with E-state index < -0.39 is 12.0 Å². The molecule has 2 N–H and O–H groups in total. The van der Waals surface area contributed by atoms with Gasteiger partial charge in [0.1, 0.15) is 6.04 Å². The van der Waals surface area contributed by atoms with Crippen LogP contribution in [0.15, 0.2) is 30.3 Å². The Morgan fingerprint density at radius 2 is 1.88 bits per heavy atom. The van der Waals surface area contributed by atoms with Crippen LogP contribution in [-0.4, -0.2) is 41.0 Å². The van der Waals surface area contributed by atoms with Gasteiger partial charge in [0, 0.05) is 0 Å². The summed E-state index contributed by atoms with van der Waals surface area (Å²) in [6, 6.07) is 9.57. The number of halogens is 1. The molecule has 2 atom stereocenters. The Hall–Kier alpha value is -1.59. The van der Waals surface area contributed by atoms with Crippen molar-refractivity contribution in [2.75, 3.05) is 13.1 Å². The molecule has 0 radical (unpaired) electrons. The lowest BCUT2D eigenvalue weighted by molar-refractivity contribution is -0.145. The maximum absolute atomic E-state index is 12.4. The molecule has 1 aliphatic heterocycles. The fourth-order valence-electron chi connectivity index (χ4n) is 3.43. The molecule has 1 saturated carbocycles. The van der Waals surface area contributed by atoms with Gasteiger partial charge in [0.25, 0.3) is 0 Å². The number of amides is 1. The predicted molar refractivity (Wildman–Crippen MR) is 94.1 cm³/mol. The minimum atomic E-state index is -0.820. The Labute approximate surface area is 148 Å². The Morgan fingerprint density at radius 3 is 2.50 bits per heavy atom. The zero-order valence-electron chi connectivity index (χ0n) is 13.7. The van der Waals surface area contributed by atoms with Crippen molar-refractivity contribution in [3.63, 3.8) is 0 Å². The second kappa shape index (κ2) is 8.49. The molecule has 6 heteroatoms. The van der Waals surface area contributed by atoms with Crippen LogP contribution < -0.4 is 5.32 Å². The highest BCUT2D eigenvalue weighted by atomic mass is 35.5. The quantitative estimate of drug-likeness (QED) is 0.825. The van der Waals surface area contributed by atoms with Crippen molar-refractivity contribution in [2.45, 2.75) is 44.2 Å². The molecule has 24 heavy (non-hydrogen) atoms. The van der Waals surface area contributed by atoms with Crippen LogP contribution in [0.3, 0.4) is 0 Å². The van der Waals surface area contributed by atoms with Crippen molar-refractivity contribution >= 4 is 24.3 Å². The molecular formula is C18H25ClN2O3. The van der Waals surface area contributed by atoms with Gasteiger partial charge in [-0.25, -0.2) is 0 Å². The number of carboxylic acid groups (broad SMARTS) is 1. The maximum Gasteiger partial charge on any atom is 0.320 e. The third-order valence-electron chi connectivity index (χ3n) is 4.81. The maximum atomic E-state index is 12.4. The lowest BCUT2D eigenvalue weighted by Gasteiger charge is -2.32. The van der Waals surface area contributed by atoms with Crippen LogP contribution in [0.4, 0.5) is 0 Å². The van der Waals surface area contributed by atoms with Gasteiger partial charge in [-0.3, -0.25) is 14.5 Å². The minimum Gasteiger partial charge on any atom is -0.480 e. The number of likely N-dealkylation sites (tertiary alicyclic amines) is 1. The molecule has 1 aliphatic carbocycles. The molecule has 1 saturated heterocycles. The number of carbonyl (C=O) groups is 2. The first-order valence-electron chi connectivity index (χ1n) is 8.46. The number of aliphatic carboxylic acids is 1. The van der Waals surface area contributed by atoms with Gasteiger partial charge < -0.3 is 10.4 Å². The zero-order valence-corrected chi connectivity index (χ0v) is 14.5. The van der Waals surface area contributed by atoms with Gasteiger partial charge in [-0.2, -0.15) is 0 Å². The Balaban J connectivity index is 0.00000208. The van der Waals surface area contributed by atoms with Gasteiger partial charge in [0.2, 0.25) is 5.91 Å². The normalized spacial score (nSPS) is 22.2. The summed E-state index contributed by atoms with van der Waals surface area (Å²) in [6.45, 7) is 0.858. The summed E-state index contributed by atoms with van der Waals surface area (Å²) in [4.78, 5) is 25.6. The van der Waals surface area contributed by atoms with Crippen molar-refractivity contribution in [3.05, 3.63) is 35.9 Å². The number of hydrogen-bond acceptors (Lipinski definition) is 3. The van der Waals surface area contributed by atoms with Gasteiger partial charge in [0.05, 0.1) is 12.6 Å². The van der Waals surface area contributed by atoms with E-state index in [4.69, 9.17) is 0 Å². The van der Waals surface area contributed by atoms with E-state index in [0.29, 0.717) is 18.9 Å².